The van der Waals surface area contributed by atoms with Gasteiger partial charge in [-0.25, -0.2) is 0 Å². The molecule has 0 radical (unpaired) electrons. The Morgan fingerprint density at radius 2 is 1.73 bits per heavy atom. The lowest BCUT2D eigenvalue weighted by molar-refractivity contribution is 0.384. The Labute approximate surface area is 129 Å². The van der Waals surface area contributed by atoms with E-state index in [-0.39, 0.29) is 6.04 Å². The number of hydrogen-bond donors (Lipinski definition) is 1. The first-order valence-electron chi connectivity index (χ1n) is 7.25. The quantitative estimate of drug-likeness (QED) is 0.782. The van der Waals surface area contributed by atoms with E-state index in [9.17, 15) is 0 Å². The SMILES string of the molecule is Cc1nc(CN[C@H](C)c2ccc(-c3ccncc3)cc2)no1. The van der Waals surface area contributed by atoms with E-state index in [4.69, 9.17) is 4.52 Å². The summed E-state index contributed by atoms with van der Waals surface area (Å²) in [4.78, 5) is 8.23. The van der Waals surface area contributed by atoms with Gasteiger partial charge in [0.2, 0.25) is 5.89 Å². The predicted molar refractivity (Wildman–Crippen MR) is 84.0 cm³/mol. The minimum Gasteiger partial charge on any atom is -0.340 e. The van der Waals surface area contributed by atoms with Crippen LogP contribution in [-0.4, -0.2) is 15.1 Å². The largest absolute Gasteiger partial charge is 0.340 e. The van der Waals surface area contributed by atoms with E-state index >= 15 is 0 Å². The molecular formula is C17H18N4O. The van der Waals surface area contributed by atoms with Crippen LogP contribution in [0.2, 0.25) is 0 Å². The van der Waals surface area contributed by atoms with E-state index in [2.05, 4.69) is 51.6 Å². The Bertz CT molecular complexity index is 722. The Balaban J connectivity index is 1.64. The summed E-state index contributed by atoms with van der Waals surface area (Å²) in [6.07, 6.45) is 3.61. The Kier molecular flexibility index (Phi) is 4.25. The third-order valence-electron chi connectivity index (χ3n) is 3.56. The molecule has 1 N–H and O–H groups in total. The molecule has 0 saturated carbocycles. The first kappa shape index (κ1) is 14.4. The molecule has 112 valence electrons. The first-order valence-corrected chi connectivity index (χ1v) is 7.25. The van der Waals surface area contributed by atoms with E-state index in [1.807, 2.05) is 12.1 Å². The van der Waals surface area contributed by atoms with Crippen LogP contribution in [0.3, 0.4) is 0 Å². The van der Waals surface area contributed by atoms with Gasteiger partial charge in [-0.2, -0.15) is 4.98 Å². The molecule has 22 heavy (non-hydrogen) atoms. The molecule has 1 aromatic carbocycles. The predicted octanol–water partition coefficient (Wildman–Crippen LogP) is 3.29. The van der Waals surface area contributed by atoms with E-state index in [1.165, 1.54) is 16.7 Å². The van der Waals surface area contributed by atoms with Crippen molar-refractivity contribution in [1.29, 1.82) is 0 Å². The minimum absolute atomic E-state index is 0.213. The van der Waals surface area contributed by atoms with Crippen molar-refractivity contribution in [3.05, 3.63) is 66.1 Å². The number of nitrogens with one attached hydrogen (secondary N) is 1. The molecule has 0 saturated heterocycles. The molecule has 0 spiro atoms. The van der Waals surface area contributed by atoms with Gasteiger partial charge in [-0.3, -0.25) is 4.98 Å². The van der Waals surface area contributed by atoms with Crippen LogP contribution in [0.5, 0.6) is 0 Å². The van der Waals surface area contributed by atoms with E-state index in [0.29, 0.717) is 18.3 Å². The maximum atomic E-state index is 4.96. The molecule has 0 aliphatic carbocycles. The van der Waals surface area contributed by atoms with Crippen molar-refractivity contribution in [1.82, 2.24) is 20.4 Å². The molecule has 0 fully saturated rings. The molecule has 0 aliphatic heterocycles. The molecule has 0 bridgehead atoms. The van der Waals surface area contributed by atoms with Crippen molar-refractivity contribution >= 4 is 0 Å². The fourth-order valence-electron chi connectivity index (χ4n) is 2.28. The average molecular weight is 294 g/mol. The molecule has 2 heterocycles. The van der Waals surface area contributed by atoms with Gasteiger partial charge in [0.1, 0.15) is 0 Å². The van der Waals surface area contributed by atoms with Crippen LogP contribution in [0.4, 0.5) is 0 Å². The van der Waals surface area contributed by atoms with Crippen LogP contribution < -0.4 is 5.32 Å². The molecule has 5 nitrogen and oxygen atoms in total. The van der Waals surface area contributed by atoms with Crippen molar-refractivity contribution in [2.24, 2.45) is 0 Å². The monoisotopic (exact) mass is 294 g/mol. The fourth-order valence-corrected chi connectivity index (χ4v) is 2.28. The number of aromatic nitrogens is 3. The second-order valence-electron chi connectivity index (χ2n) is 5.19. The van der Waals surface area contributed by atoms with Crippen molar-refractivity contribution in [2.45, 2.75) is 26.4 Å². The highest BCUT2D eigenvalue weighted by atomic mass is 16.5. The lowest BCUT2D eigenvalue weighted by Crippen LogP contribution is -2.18. The summed E-state index contributed by atoms with van der Waals surface area (Å²) in [6.45, 7) is 4.50. The zero-order valence-electron chi connectivity index (χ0n) is 12.7. The van der Waals surface area contributed by atoms with Crippen LogP contribution in [-0.2, 0) is 6.54 Å². The van der Waals surface area contributed by atoms with Crippen LogP contribution in [0.1, 0.15) is 30.2 Å². The van der Waals surface area contributed by atoms with Gasteiger partial charge in [0, 0.05) is 25.4 Å². The summed E-state index contributed by atoms with van der Waals surface area (Å²) in [6, 6.07) is 12.8. The van der Waals surface area contributed by atoms with Gasteiger partial charge in [0.25, 0.3) is 0 Å². The molecule has 0 aliphatic rings. The van der Waals surface area contributed by atoms with Crippen LogP contribution in [0.25, 0.3) is 11.1 Å². The van der Waals surface area contributed by atoms with E-state index in [1.54, 1.807) is 19.3 Å². The molecule has 3 rings (SSSR count). The lowest BCUT2D eigenvalue weighted by Gasteiger charge is -2.13. The van der Waals surface area contributed by atoms with Gasteiger partial charge in [0.15, 0.2) is 5.82 Å². The van der Waals surface area contributed by atoms with Crippen LogP contribution >= 0.6 is 0 Å². The number of aryl methyl sites for hydroxylation is 1. The number of benzene rings is 1. The van der Waals surface area contributed by atoms with Gasteiger partial charge in [-0.15, -0.1) is 0 Å². The van der Waals surface area contributed by atoms with Crippen molar-refractivity contribution < 1.29 is 4.52 Å². The second kappa shape index (κ2) is 6.49. The number of hydrogen-bond acceptors (Lipinski definition) is 5. The van der Waals surface area contributed by atoms with Crippen molar-refractivity contribution in [2.75, 3.05) is 0 Å². The zero-order valence-corrected chi connectivity index (χ0v) is 12.7. The summed E-state index contributed by atoms with van der Waals surface area (Å²) < 4.78 is 4.96. The Morgan fingerprint density at radius 3 is 2.36 bits per heavy atom. The Hall–Kier alpha value is -2.53. The summed E-state index contributed by atoms with van der Waals surface area (Å²) >= 11 is 0. The third kappa shape index (κ3) is 3.38. The first-order chi connectivity index (χ1) is 10.7. The molecule has 1 atom stereocenters. The van der Waals surface area contributed by atoms with Crippen molar-refractivity contribution in [3.8, 4) is 11.1 Å². The number of nitrogens with zero attached hydrogens (tertiary/aromatic N) is 3. The van der Waals surface area contributed by atoms with Crippen molar-refractivity contribution in [3.63, 3.8) is 0 Å². The summed E-state index contributed by atoms with van der Waals surface area (Å²) in [5, 5.41) is 7.27. The van der Waals surface area contributed by atoms with Gasteiger partial charge in [-0.1, -0.05) is 29.4 Å². The molecule has 0 unspecified atom stereocenters. The number of rotatable bonds is 5. The van der Waals surface area contributed by atoms with Gasteiger partial charge in [0.05, 0.1) is 6.54 Å². The highest BCUT2D eigenvalue weighted by Crippen LogP contribution is 2.21. The highest BCUT2D eigenvalue weighted by molar-refractivity contribution is 5.62. The number of pyridine rings is 1. The van der Waals surface area contributed by atoms with Crippen LogP contribution in [0, 0.1) is 6.92 Å². The third-order valence-corrected chi connectivity index (χ3v) is 3.56. The van der Waals surface area contributed by atoms with Gasteiger partial charge in [-0.05, 0) is 35.7 Å². The molecule has 2 aromatic heterocycles. The van der Waals surface area contributed by atoms with Gasteiger partial charge >= 0.3 is 0 Å². The normalized spacial score (nSPS) is 12.3. The molecule has 3 aromatic rings. The molecule has 5 heteroatoms. The summed E-state index contributed by atoms with van der Waals surface area (Å²) in [7, 11) is 0. The van der Waals surface area contributed by atoms with E-state index in [0.717, 1.165) is 0 Å². The minimum atomic E-state index is 0.213. The highest BCUT2D eigenvalue weighted by Gasteiger charge is 2.08. The average Bonchev–Trinajstić information content (AvgIpc) is 2.99. The summed E-state index contributed by atoms with van der Waals surface area (Å²) in [5.74, 6) is 1.27. The standard InChI is InChI=1S/C17H18N4O/c1-12(19-11-17-20-13(2)22-21-17)14-3-5-15(6-4-14)16-7-9-18-10-8-16/h3-10,12,19H,11H2,1-2H3/t12-/m1/s1. The maximum absolute atomic E-state index is 4.96. The van der Waals surface area contributed by atoms with Crippen LogP contribution in [0.15, 0.2) is 53.3 Å². The summed E-state index contributed by atoms with van der Waals surface area (Å²) in [5.41, 5.74) is 3.58. The van der Waals surface area contributed by atoms with Gasteiger partial charge < -0.3 is 9.84 Å². The smallest absolute Gasteiger partial charge is 0.223 e. The second-order valence-corrected chi connectivity index (χ2v) is 5.19. The molecular weight excluding hydrogens is 276 g/mol. The lowest BCUT2D eigenvalue weighted by atomic mass is 10.0. The Morgan fingerprint density at radius 1 is 1.05 bits per heavy atom. The molecule has 0 amide bonds. The topological polar surface area (TPSA) is 63.8 Å². The fraction of sp³-hybridized carbons (Fsp3) is 0.235. The van der Waals surface area contributed by atoms with E-state index < -0.39 is 0 Å². The maximum Gasteiger partial charge on any atom is 0.223 e. The zero-order chi connectivity index (χ0) is 15.4.